The van der Waals surface area contributed by atoms with E-state index in [0.717, 1.165) is 29.1 Å². The number of nitrogens with two attached hydrogens (primary N) is 2. The number of fused-ring (bicyclic) bond motifs is 1. The van der Waals surface area contributed by atoms with Crippen LogP contribution in [0.25, 0.3) is 0 Å². The molecule has 1 aliphatic heterocycles. The smallest absolute Gasteiger partial charge is 0.186 e. The van der Waals surface area contributed by atoms with Crippen molar-refractivity contribution in [1.29, 1.82) is 0 Å². The molecule has 1 heterocycles. The molecule has 5 nitrogen and oxygen atoms in total. The summed E-state index contributed by atoms with van der Waals surface area (Å²) in [6.07, 6.45) is 0.442. The van der Waals surface area contributed by atoms with Crippen LogP contribution in [0.2, 0.25) is 0 Å². The van der Waals surface area contributed by atoms with Crippen molar-refractivity contribution < 1.29 is 9.53 Å². The number of rotatable bonds is 2. The molecular weight excluding hydrogens is 242 g/mol. The number of benzene rings is 1. The van der Waals surface area contributed by atoms with E-state index in [0.29, 0.717) is 31.8 Å². The average Bonchev–Trinajstić information content (AvgIpc) is 2.64. The Bertz CT molecular complexity index is 566. The van der Waals surface area contributed by atoms with Crippen LogP contribution in [0, 0.1) is 0 Å². The first-order valence-corrected chi connectivity index (χ1v) is 6.40. The second kappa shape index (κ2) is 4.59. The molecule has 0 bridgehead atoms. The van der Waals surface area contributed by atoms with Crippen molar-refractivity contribution >= 4 is 5.78 Å². The SMILES string of the molecule is NCc1ccc2c(c1)CN(C1=C(N)C(=O)C1)CCO2. The summed E-state index contributed by atoms with van der Waals surface area (Å²) in [5.41, 5.74) is 14.9. The van der Waals surface area contributed by atoms with Gasteiger partial charge in [-0.05, 0) is 17.7 Å². The van der Waals surface area contributed by atoms with Crippen molar-refractivity contribution in [3.05, 3.63) is 40.7 Å². The van der Waals surface area contributed by atoms with E-state index < -0.39 is 0 Å². The van der Waals surface area contributed by atoms with Crippen LogP contribution in [0.5, 0.6) is 5.75 Å². The van der Waals surface area contributed by atoms with Gasteiger partial charge in [-0.15, -0.1) is 0 Å². The predicted octanol–water partition coefficient (Wildman–Crippen LogP) is 0.483. The third-order valence-electron chi connectivity index (χ3n) is 3.66. The Labute approximate surface area is 111 Å². The zero-order valence-electron chi connectivity index (χ0n) is 10.7. The highest BCUT2D eigenvalue weighted by Gasteiger charge is 2.30. The Balaban J connectivity index is 1.90. The molecule has 0 spiro atoms. The molecule has 2 aliphatic rings. The van der Waals surface area contributed by atoms with Crippen LogP contribution in [-0.2, 0) is 17.9 Å². The molecule has 4 N–H and O–H groups in total. The molecule has 1 aromatic rings. The second-order valence-electron chi connectivity index (χ2n) is 4.88. The highest BCUT2D eigenvalue weighted by atomic mass is 16.5. The van der Waals surface area contributed by atoms with Crippen molar-refractivity contribution in [2.24, 2.45) is 11.5 Å². The van der Waals surface area contributed by atoms with Gasteiger partial charge in [-0.2, -0.15) is 0 Å². The van der Waals surface area contributed by atoms with Gasteiger partial charge in [0.25, 0.3) is 0 Å². The Hall–Kier alpha value is -2.01. The summed E-state index contributed by atoms with van der Waals surface area (Å²) in [6, 6.07) is 6.00. The Morgan fingerprint density at radius 2 is 2.21 bits per heavy atom. The first kappa shape index (κ1) is 12.0. The summed E-state index contributed by atoms with van der Waals surface area (Å²) in [5.74, 6) is 0.931. The van der Waals surface area contributed by atoms with Crippen LogP contribution in [0.1, 0.15) is 17.5 Å². The van der Waals surface area contributed by atoms with E-state index in [1.165, 1.54) is 0 Å². The molecule has 0 unspecified atom stereocenters. The van der Waals surface area contributed by atoms with E-state index in [4.69, 9.17) is 16.2 Å². The van der Waals surface area contributed by atoms with Gasteiger partial charge in [-0.25, -0.2) is 0 Å². The molecule has 1 aliphatic carbocycles. The maximum atomic E-state index is 11.3. The van der Waals surface area contributed by atoms with Crippen LogP contribution in [-0.4, -0.2) is 23.8 Å². The Kier molecular flexibility index (Phi) is 2.91. The maximum Gasteiger partial charge on any atom is 0.186 e. The zero-order valence-corrected chi connectivity index (χ0v) is 10.7. The topological polar surface area (TPSA) is 81.6 Å². The molecule has 0 fully saturated rings. The van der Waals surface area contributed by atoms with Gasteiger partial charge in [0.2, 0.25) is 0 Å². The summed E-state index contributed by atoms with van der Waals surface area (Å²) in [4.78, 5) is 13.4. The lowest BCUT2D eigenvalue weighted by molar-refractivity contribution is -0.117. The minimum Gasteiger partial charge on any atom is -0.491 e. The molecule has 0 saturated heterocycles. The van der Waals surface area contributed by atoms with Gasteiger partial charge < -0.3 is 21.1 Å². The van der Waals surface area contributed by atoms with E-state index in [9.17, 15) is 4.79 Å². The van der Waals surface area contributed by atoms with Crippen LogP contribution in [0.4, 0.5) is 0 Å². The van der Waals surface area contributed by atoms with Crippen molar-refractivity contribution in [3.63, 3.8) is 0 Å². The van der Waals surface area contributed by atoms with Gasteiger partial charge in [0, 0.05) is 24.4 Å². The summed E-state index contributed by atoms with van der Waals surface area (Å²) in [6.45, 7) is 2.57. The van der Waals surface area contributed by atoms with Gasteiger partial charge >= 0.3 is 0 Å². The number of ether oxygens (including phenoxy) is 1. The maximum absolute atomic E-state index is 11.3. The minimum absolute atomic E-state index is 0.0381. The minimum atomic E-state index is 0.0381. The zero-order chi connectivity index (χ0) is 13.4. The van der Waals surface area contributed by atoms with Crippen molar-refractivity contribution in [2.75, 3.05) is 13.2 Å². The second-order valence-corrected chi connectivity index (χ2v) is 4.88. The predicted molar refractivity (Wildman–Crippen MR) is 71.1 cm³/mol. The van der Waals surface area contributed by atoms with E-state index >= 15 is 0 Å². The summed E-state index contributed by atoms with van der Waals surface area (Å²) >= 11 is 0. The molecule has 0 amide bonds. The number of ketones is 1. The average molecular weight is 259 g/mol. The van der Waals surface area contributed by atoms with Crippen molar-refractivity contribution in [1.82, 2.24) is 4.90 Å². The number of carbonyl (C=O) groups is 1. The van der Waals surface area contributed by atoms with E-state index in [1.807, 2.05) is 12.1 Å². The Morgan fingerprint density at radius 3 is 2.89 bits per heavy atom. The van der Waals surface area contributed by atoms with Crippen LogP contribution in [0.3, 0.4) is 0 Å². The number of hydrogen-bond donors (Lipinski definition) is 2. The van der Waals surface area contributed by atoms with Crippen LogP contribution in [0.15, 0.2) is 29.6 Å². The quantitative estimate of drug-likeness (QED) is 0.807. The van der Waals surface area contributed by atoms with Gasteiger partial charge in [0.1, 0.15) is 12.4 Å². The lowest BCUT2D eigenvalue weighted by Gasteiger charge is -2.31. The van der Waals surface area contributed by atoms with Crippen LogP contribution >= 0.6 is 0 Å². The monoisotopic (exact) mass is 259 g/mol. The van der Waals surface area contributed by atoms with Crippen molar-refractivity contribution in [2.45, 2.75) is 19.5 Å². The molecule has 100 valence electrons. The largest absolute Gasteiger partial charge is 0.491 e. The standard InChI is InChI=1S/C14H17N3O2/c15-7-9-1-2-13-10(5-9)8-17(3-4-19-13)11-6-12(18)14(11)16/h1-2,5H,3-4,6-8,15-16H2. The fraction of sp³-hybridized carbons (Fsp3) is 0.357. The fourth-order valence-corrected chi connectivity index (χ4v) is 2.48. The molecule has 0 aromatic heterocycles. The first-order chi connectivity index (χ1) is 9.19. The van der Waals surface area contributed by atoms with Gasteiger partial charge in [-0.3, -0.25) is 4.79 Å². The lowest BCUT2D eigenvalue weighted by Crippen LogP contribution is -2.37. The highest BCUT2D eigenvalue weighted by molar-refractivity contribution is 6.03. The number of nitrogens with zero attached hydrogens (tertiary/aromatic N) is 1. The van der Waals surface area contributed by atoms with E-state index in [-0.39, 0.29) is 5.78 Å². The lowest BCUT2D eigenvalue weighted by atomic mass is 9.97. The van der Waals surface area contributed by atoms with E-state index in [1.54, 1.807) is 0 Å². The summed E-state index contributed by atoms with van der Waals surface area (Å²) in [7, 11) is 0. The number of allylic oxidation sites excluding steroid dienone is 2. The molecule has 0 saturated carbocycles. The normalized spacial score (nSPS) is 18.6. The van der Waals surface area contributed by atoms with Crippen molar-refractivity contribution in [3.8, 4) is 5.75 Å². The number of carbonyl (C=O) groups excluding carboxylic acids is 1. The fourth-order valence-electron chi connectivity index (χ4n) is 2.48. The highest BCUT2D eigenvalue weighted by Crippen LogP contribution is 2.30. The molecule has 3 rings (SSSR count). The first-order valence-electron chi connectivity index (χ1n) is 6.40. The Morgan fingerprint density at radius 1 is 1.37 bits per heavy atom. The molecular formula is C14H17N3O2. The van der Waals surface area contributed by atoms with E-state index in [2.05, 4.69) is 11.0 Å². The summed E-state index contributed by atoms with van der Waals surface area (Å²) < 4.78 is 5.73. The third-order valence-corrected chi connectivity index (χ3v) is 3.66. The molecule has 0 radical (unpaired) electrons. The molecule has 0 atom stereocenters. The molecule has 1 aromatic carbocycles. The number of Topliss-reactive ketones (excluding diaryl/α,β-unsaturated/α-hetero) is 1. The number of hydrogen-bond acceptors (Lipinski definition) is 5. The van der Waals surface area contributed by atoms with Crippen LogP contribution < -0.4 is 16.2 Å². The molecule has 19 heavy (non-hydrogen) atoms. The summed E-state index contributed by atoms with van der Waals surface area (Å²) in [5, 5.41) is 0. The third kappa shape index (κ3) is 2.06. The van der Waals surface area contributed by atoms with Gasteiger partial charge in [-0.1, -0.05) is 6.07 Å². The van der Waals surface area contributed by atoms with Gasteiger partial charge in [0.05, 0.1) is 18.7 Å². The molecule has 5 heteroatoms. The van der Waals surface area contributed by atoms with Gasteiger partial charge in [0.15, 0.2) is 5.78 Å².